The van der Waals surface area contributed by atoms with Crippen molar-refractivity contribution in [3.8, 4) is 11.5 Å². The minimum atomic E-state index is -0.143. The SMILES string of the molecule is CCOc1ccc(OCC)c(NC(=O)CN2C(=S)NC(C)(C)C[C@H]2C)c1. The van der Waals surface area contributed by atoms with Gasteiger partial charge in [0.2, 0.25) is 5.91 Å². The van der Waals surface area contributed by atoms with Crippen LogP contribution in [0.4, 0.5) is 5.69 Å². The average molecular weight is 380 g/mol. The lowest BCUT2D eigenvalue weighted by Crippen LogP contribution is -2.61. The van der Waals surface area contributed by atoms with E-state index in [0.29, 0.717) is 35.5 Å². The first-order chi connectivity index (χ1) is 12.3. The number of anilines is 1. The number of amides is 1. The van der Waals surface area contributed by atoms with E-state index in [1.54, 1.807) is 6.07 Å². The molecule has 1 aliphatic rings. The Morgan fingerprint density at radius 1 is 1.35 bits per heavy atom. The van der Waals surface area contributed by atoms with E-state index in [4.69, 9.17) is 21.7 Å². The molecule has 1 saturated heterocycles. The second kappa shape index (κ2) is 8.58. The molecule has 2 N–H and O–H groups in total. The van der Waals surface area contributed by atoms with E-state index in [-0.39, 0.29) is 24.0 Å². The predicted molar refractivity (Wildman–Crippen MR) is 108 cm³/mol. The summed E-state index contributed by atoms with van der Waals surface area (Å²) in [6.45, 7) is 11.4. The molecule has 0 bridgehead atoms. The first kappa shape index (κ1) is 20.3. The summed E-state index contributed by atoms with van der Waals surface area (Å²) >= 11 is 5.45. The third-order valence-electron chi connectivity index (χ3n) is 4.19. The van der Waals surface area contributed by atoms with Crippen LogP contribution < -0.4 is 20.1 Å². The van der Waals surface area contributed by atoms with E-state index in [2.05, 4.69) is 31.4 Å². The normalized spacial score (nSPS) is 18.9. The highest BCUT2D eigenvalue weighted by Gasteiger charge is 2.34. The first-order valence-electron chi connectivity index (χ1n) is 9.04. The lowest BCUT2D eigenvalue weighted by atomic mass is 9.93. The van der Waals surface area contributed by atoms with Crippen LogP contribution in [0.5, 0.6) is 11.5 Å². The number of hydrogen-bond donors (Lipinski definition) is 2. The van der Waals surface area contributed by atoms with Crippen LogP contribution >= 0.6 is 12.2 Å². The topological polar surface area (TPSA) is 62.8 Å². The summed E-state index contributed by atoms with van der Waals surface area (Å²) in [4.78, 5) is 14.5. The number of ether oxygens (including phenoxy) is 2. The first-order valence-corrected chi connectivity index (χ1v) is 9.45. The third kappa shape index (κ3) is 5.24. The van der Waals surface area contributed by atoms with Crippen molar-refractivity contribution in [2.24, 2.45) is 0 Å². The van der Waals surface area contributed by atoms with Gasteiger partial charge < -0.3 is 25.0 Å². The van der Waals surface area contributed by atoms with Gasteiger partial charge in [-0.3, -0.25) is 4.79 Å². The van der Waals surface area contributed by atoms with Gasteiger partial charge in [0, 0.05) is 17.6 Å². The third-order valence-corrected chi connectivity index (χ3v) is 4.53. The minimum Gasteiger partial charge on any atom is -0.494 e. The monoisotopic (exact) mass is 379 g/mol. The Balaban J connectivity index is 2.09. The summed E-state index contributed by atoms with van der Waals surface area (Å²) in [6, 6.07) is 5.61. The number of benzene rings is 1. The van der Waals surface area contributed by atoms with Gasteiger partial charge in [-0.15, -0.1) is 0 Å². The highest BCUT2D eigenvalue weighted by Crippen LogP contribution is 2.30. The molecule has 1 fully saturated rings. The number of carbonyl (C=O) groups excluding carboxylic acids is 1. The molecule has 2 rings (SSSR count). The van der Waals surface area contributed by atoms with E-state index >= 15 is 0 Å². The Morgan fingerprint density at radius 3 is 2.65 bits per heavy atom. The highest BCUT2D eigenvalue weighted by atomic mass is 32.1. The molecule has 1 amide bonds. The molecule has 0 spiro atoms. The molecular weight excluding hydrogens is 350 g/mol. The van der Waals surface area contributed by atoms with Crippen molar-refractivity contribution in [1.29, 1.82) is 0 Å². The summed E-state index contributed by atoms with van der Waals surface area (Å²) in [5.41, 5.74) is 0.545. The average Bonchev–Trinajstić information content (AvgIpc) is 2.53. The molecule has 1 heterocycles. The van der Waals surface area contributed by atoms with E-state index in [0.717, 1.165) is 6.42 Å². The second-order valence-electron chi connectivity index (χ2n) is 7.07. The van der Waals surface area contributed by atoms with Gasteiger partial charge in [-0.2, -0.15) is 0 Å². The summed E-state index contributed by atoms with van der Waals surface area (Å²) in [6.07, 6.45) is 0.907. The number of thiocarbonyl (C=S) groups is 1. The smallest absolute Gasteiger partial charge is 0.244 e. The van der Waals surface area contributed by atoms with Crippen LogP contribution in [0.15, 0.2) is 18.2 Å². The zero-order chi connectivity index (χ0) is 19.3. The number of rotatable bonds is 7. The fraction of sp³-hybridized carbons (Fsp3) is 0.579. The van der Waals surface area contributed by atoms with Crippen molar-refractivity contribution in [3.63, 3.8) is 0 Å². The summed E-state index contributed by atoms with van der Waals surface area (Å²) in [7, 11) is 0. The Labute approximate surface area is 161 Å². The Bertz CT molecular complexity index is 663. The van der Waals surface area contributed by atoms with Gasteiger partial charge in [-0.1, -0.05) is 0 Å². The molecule has 1 aromatic rings. The summed E-state index contributed by atoms with van der Waals surface area (Å²) < 4.78 is 11.1. The van der Waals surface area contributed by atoms with Crippen molar-refractivity contribution < 1.29 is 14.3 Å². The Hall–Kier alpha value is -2.02. The maximum absolute atomic E-state index is 12.6. The standard InChI is InChI=1S/C19H29N3O3S/c1-6-24-14-8-9-16(25-7-2)15(10-14)20-17(23)12-22-13(3)11-19(4,5)21-18(22)26/h8-10,13H,6-7,11-12H2,1-5H3,(H,20,23)(H,21,26)/t13-/m1/s1. The number of carbonyl (C=O) groups is 1. The van der Waals surface area contributed by atoms with Gasteiger partial charge in [0.1, 0.15) is 11.5 Å². The number of nitrogens with zero attached hydrogens (tertiary/aromatic N) is 1. The molecule has 0 unspecified atom stereocenters. The van der Waals surface area contributed by atoms with Gasteiger partial charge in [0.05, 0.1) is 25.4 Å². The van der Waals surface area contributed by atoms with Crippen LogP contribution in [0.1, 0.15) is 41.0 Å². The van der Waals surface area contributed by atoms with Gasteiger partial charge in [-0.05, 0) is 65.4 Å². The van der Waals surface area contributed by atoms with Crippen LogP contribution in [0.2, 0.25) is 0 Å². The van der Waals surface area contributed by atoms with E-state index < -0.39 is 0 Å². The highest BCUT2D eigenvalue weighted by molar-refractivity contribution is 7.80. The van der Waals surface area contributed by atoms with Crippen molar-refractivity contribution in [2.45, 2.75) is 52.6 Å². The van der Waals surface area contributed by atoms with E-state index in [9.17, 15) is 4.79 Å². The summed E-state index contributed by atoms with van der Waals surface area (Å²) in [5, 5.41) is 6.83. The largest absolute Gasteiger partial charge is 0.494 e. The molecular formula is C19H29N3O3S. The fourth-order valence-electron chi connectivity index (χ4n) is 3.18. The van der Waals surface area contributed by atoms with Crippen LogP contribution in [-0.4, -0.2) is 47.3 Å². The van der Waals surface area contributed by atoms with Crippen molar-refractivity contribution >= 4 is 28.9 Å². The maximum Gasteiger partial charge on any atom is 0.244 e. The predicted octanol–water partition coefficient (Wildman–Crippen LogP) is 3.17. The molecule has 1 aliphatic heterocycles. The lowest BCUT2D eigenvalue weighted by molar-refractivity contribution is -0.117. The van der Waals surface area contributed by atoms with Gasteiger partial charge in [0.25, 0.3) is 0 Å². The van der Waals surface area contributed by atoms with Gasteiger partial charge in [0.15, 0.2) is 5.11 Å². The van der Waals surface area contributed by atoms with Crippen molar-refractivity contribution in [1.82, 2.24) is 10.2 Å². The Kier molecular flexibility index (Phi) is 6.69. The number of hydrogen-bond acceptors (Lipinski definition) is 4. The molecule has 1 aromatic carbocycles. The quantitative estimate of drug-likeness (QED) is 0.710. The lowest BCUT2D eigenvalue weighted by Gasteiger charge is -2.44. The molecule has 0 aromatic heterocycles. The van der Waals surface area contributed by atoms with Gasteiger partial charge in [-0.25, -0.2) is 0 Å². The zero-order valence-electron chi connectivity index (χ0n) is 16.2. The molecule has 6 nitrogen and oxygen atoms in total. The van der Waals surface area contributed by atoms with Gasteiger partial charge >= 0.3 is 0 Å². The van der Waals surface area contributed by atoms with Crippen molar-refractivity contribution in [2.75, 3.05) is 25.1 Å². The van der Waals surface area contributed by atoms with E-state index in [1.807, 2.05) is 30.9 Å². The molecule has 1 atom stereocenters. The van der Waals surface area contributed by atoms with Crippen LogP contribution in [-0.2, 0) is 4.79 Å². The molecule has 0 saturated carbocycles. The minimum absolute atomic E-state index is 0.0581. The van der Waals surface area contributed by atoms with Crippen molar-refractivity contribution in [3.05, 3.63) is 18.2 Å². The Morgan fingerprint density at radius 2 is 2.04 bits per heavy atom. The van der Waals surface area contributed by atoms with E-state index in [1.165, 1.54) is 0 Å². The molecule has 0 aliphatic carbocycles. The summed E-state index contributed by atoms with van der Waals surface area (Å²) in [5.74, 6) is 1.17. The fourth-order valence-corrected chi connectivity index (χ4v) is 3.70. The van der Waals surface area contributed by atoms with Crippen LogP contribution in [0, 0.1) is 0 Å². The molecule has 0 radical (unpaired) electrons. The second-order valence-corrected chi connectivity index (χ2v) is 7.45. The number of nitrogens with one attached hydrogen (secondary N) is 2. The maximum atomic E-state index is 12.6. The van der Waals surface area contributed by atoms with Crippen LogP contribution in [0.25, 0.3) is 0 Å². The molecule has 26 heavy (non-hydrogen) atoms. The zero-order valence-corrected chi connectivity index (χ0v) is 17.0. The molecule has 7 heteroatoms. The molecule has 144 valence electrons. The van der Waals surface area contributed by atoms with Crippen LogP contribution in [0.3, 0.4) is 0 Å².